The van der Waals surface area contributed by atoms with E-state index in [-0.39, 0.29) is 25.5 Å². The molecule has 0 aliphatic heterocycles. The van der Waals surface area contributed by atoms with Crippen molar-refractivity contribution in [3.05, 3.63) is 101 Å². The van der Waals surface area contributed by atoms with Crippen LogP contribution in [0.25, 0.3) is 0 Å². The van der Waals surface area contributed by atoms with Gasteiger partial charge in [-0.1, -0.05) is 42.5 Å². The molecule has 0 saturated carbocycles. The molecule has 0 atom stereocenters. The van der Waals surface area contributed by atoms with Crippen LogP contribution in [0.1, 0.15) is 32.7 Å². The van der Waals surface area contributed by atoms with Crippen molar-refractivity contribution >= 4 is 11.9 Å². The fraction of sp³-hybridized carbons (Fsp3) is 0.174. The minimum atomic E-state index is -0.658. The van der Waals surface area contributed by atoms with E-state index in [9.17, 15) is 14.7 Å². The number of aliphatic hydroxyl groups excluding tert-OH is 1. The smallest absolute Gasteiger partial charge is 0.407 e. The van der Waals surface area contributed by atoms with E-state index in [1.54, 1.807) is 18.3 Å². The number of carbonyl (C=O) groups excluding carboxylic acids is 2. The molecule has 0 radical (unpaired) electrons. The number of benzene rings is 2. The zero-order valence-electron chi connectivity index (χ0n) is 15.9. The SMILES string of the molecule is O=C(NCC(=O)c1cc(CO)cc(Cc2ccccn2)c1)OCc1ccccc1. The zero-order chi connectivity index (χ0) is 20.5. The number of aliphatic hydroxyl groups is 1. The summed E-state index contributed by atoms with van der Waals surface area (Å²) in [7, 11) is 0. The van der Waals surface area contributed by atoms with Gasteiger partial charge in [0.15, 0.2) is 5.78 Å². The van der Waals surface area contributed by atoms with E-state index in [0.29, 0.717) is 17.5 Å². The molecular formula is C23H22N2O4. The summed E-state index contributed by atoms with van der Waals surface area (Å²) in [5.41, 5.74) is 3.65. The van der Waals surface area contributed by atoms with Gasteiger partial charge in [0.2, 0.25) is 0 Å². The first-order valence-electron chi connectivity index (χ1n) is 9.25. The van der Waals surface area contributed by atoms with Crippen molar-refractivity contribution in [1.82, 2.24) is 10.3 Å². The van der Waals surface area contributed by atoms with Crippen molar-refractivity contribution < 1.29 is 19.4 Å². The van der Waals surface area contributed by atoms with Gasteiger partial charge in [0.05, 0.1) is 13.2 Å². The van der Waals surface area contributed by atoms with Gasteiger partial charge >= 0.3 is 6.09 Å². The van der Waals surface area contributed by atoms with E-state index in [0.717, 1.165) is 16.8 Å². The summed E-state index contributed by atoms with van der Waals surface area (Å²) in [4.78, 5) is 28.7. The highest BCUT2D eigenvalue weighted by Crippen LogP contribution is 2.15. The van der Waals surface area contributed by atoms with Gasteiger partial charge in [0, 0.05) is 23.9 Å². The highest BCUT2D eigenvalue weighted by atomic mass is 16.5. The van der Waals surface area contributed by atoms with E-state index < -0.39 is 6.09 Å². The molecule has 3 rings (SSSR count). The number of hydrogen-bond acceptors (Lipinski definition) is 5. The second-order valence-corrected chi connectivity index (χ2v) is 6.53. The highest BCUT2D eigenvalue weighted by Gasteiger charge is 2.12. The molecule has 0 spiro atoms. The van der Waals surface area contributed by atoms with E-state index >= 15 is 0 Å². The summed E-state index contributed by atoms with van der Waals surface area (Å²) in [6.07, 6.45) is 1.60. The molecule has 6 nitrogen and oxygen atoms in total. The number of hydrogen-bond donors (Lipinski definition) is 2. The van der Waals surface area contributed by atoms with Crippen LogP contribution in [0.2, 0.25) is 0 Å². The predicted octanol–water partition coefficient (Wildman–Crippen LogP) is 3.27. The number of rotatable bonds is 8. The number of pyridine rings is 1. The second kappa shape index (κ2) is 10.1. The Morgan fingerprint density at radius 2 is 1.69 bits per heavy atom. The fourth-order valence-electron chi connectivity index (χ4n) is 2.86. The Morgan fingerprint density at radius 1 is 0.931 bits per heavy atom. The van der Waals surface area contributed by atoms with Gasteiger partial charge in [-0.25, -0.2) is 4.79 Å². The third kappa shape index (κ3) is 6.26. The van der Waals surface area contributed by atoms with Crippen LogP contribution in [0.4, 0.5) is 4.79 Å². The maximum atomic E-state index is 12.5. The maximum Gasteiger partial charge on any atom is 0.407 e. The van der Waals surface area contributed by atoms with Gasteiger partial charge in [-0.3, -0.25) is 9.78 Å². The third-order valence-corrected chi connectivity index (χ3v) is 4.27. The van der Waals surface area contributed by atoms with Gasteiger partial charge < -0.3 is 15.2 Å². The van der Waals surface area contributed by atoms with Crippen LogP contribution >= 0.6 is 0 Å². The lowest BCUT2D eigenvalue weighted by Crippen LogP contribution is -2.30. The molecule has 0 aliphatic rings. The molecule has 1 heterocycles. The van der Waals surface area contributed by atoms with Crippen molar-refractivity contribution in [2.45, 2.75) is 19.6 Å². The normalized spacial score (nSPS) is 10.4. The fourth-order valence-corrected chi connectivity index (χ4v) is 2.86. The summed E-state index contributed by atoms with van der Waals surface area (Å²) >= 11 is 0. The molecule has 3 aromatic rings. The Balaban J connectivity index is 1.59. The largest absolute Gasteiger partial charge is 0.445 e. The monoisotopic (exact) mass is 390 g/mol. The number of alkyl carbamates (subject to hydrolysis) is 1. The molecular weight excluding hydrogens is 368 g/mol. The van der Waals surface area contributed by atoms with Gasteiger partial charge in [-0.15, -0.1) is 0 Å². The van der Waals surface area contributed by atoms with Crippen molar-refractivity contribution in [2.24, 2.45) is 0 Å². The lowest BCUT2D eigenvalue weighted by atomic mass is 10.00. The van der Waals surface area contributed by atoms with Crippen molar-refractivity contribution in [3.63, 3.8) is 0 Å². The average Bonchev–Trinajstić information content (AvgIpc) is 2.77. The molecule has 0 bridgehead atoms. The Bertz CT molecular complexity index is 959. The molecule has 148 valence electrons. The molecule has 2 aromatic carbocycles. The maximum absolute atomic E-state index is 12.5. The number of ether oxygens (including phenoxy) is 1. The first-order chi connectivity index (χ1) is 14.1. The van der Waals surface area contributed by atoms with Gasteiger partial charge in [-0.05, 0) is 41.0 Å². The number of ketones is 1. The van der Waals surface area contributed by atoms with Crippen LogP contribution < -0.4 is 5.32 Å². The Morgan fingerprint density at radius 3 is 2.41 bits per heavy atom. The Kier molecular flexibility index (Phi) is 7.08. The van der Waals surface area contributed by atoms with Gasteiger partial charge in [0.25, 0.3) is 0 Å². The summed E-state index contributed by atoms with van der Waals surface area (Å²) in [6.45, 7) is -0.233. The molecule has 1 aromatic heterocycles. The molecule has 2 N–H and O–H groups in total. The quantitative estimate of drug-likeness (QED) is 0.576. The second-order valence-electron chi connectivity index (χ2n) is 6.53. The molecule has 29 heavy (non-hydrogen) atoms. The highest BCUT2D eigenvalue weighted by molar-refractivity contribution is 5.99. The standard InChI is InChI=1S/C23H22N2O4/c26-15-19-10-18(13-21-8-4-5-9-24-21)11-20(12-19)22(27)14-25-23(28)29-16-17-6-2-1-3-7-17/h1-12,26H,13-16H2,(H,25,28). The van der Waals surface area contributed by atoms with Crippen LogP contribution in [0, 0.1) is 0 Å². The number of nitrogens with one attached hydrogen (secondary N) is 1. The van der Waals surface area contributed by atoms with Crippen molar-refractivity contribution in [1.29, 1.82) is 0 Å². The number of aromatic nitrogens is 1. The van der Waals surface area contributed by atoms with Crippen molar-refractivity contribution in [2.75, 3.05) is 6.54 Å². The van der Waals surface area contributed by atoms with Crippen LogP contribution in [-0.4, -0.2) is 28.5 Å². The first-order valence-corrected chi connectivity index (χ1v) is 9.25. The van der Waals surface area contributed by atoms with E-state index in [2.05, 4.69) is 10.3 Å². The minimum absolute atomic E-state index is 0.134. The van der Waals surface area contributed by atoms with Crippen molar-refractivity contribution in [3.8, 4) is 0 Å². The molecule has 0 fully saturated rings. The van der Waals surface area contributed by atoms with E-state index in [4.69, 9.17) is 4.74 Å². The van der Waals surface area contributed by atoms with Crippen LogP contribution in [0.15, 0.2) is 72.9 Å². The Labute approximate surface area is 169 Å². The molecule has 1 amide bonds. The molecule has 6 heteroatoms. The molecule has 0 saturated heterocycles. The summed E-state index contributed by atoms with van der Waals surface area (Å²) in [5.74, 6) is -0.265. The molecule has 0 unspecified atom stereocenters. The minimum Gasteiger partial charge on any atom is -0.445 e. The first kappa shape index (κ1) is 20.2. The Hall–Kier alpha value is -3.51. The van der Waals surface area contributed by atoms with Gasteiger partial charge in [-0.2, -0.15) is 0 Å². The summed E-state index contributed by atoms with van der Waals surface area (Å²) in [5, 5.41) is 12.0. The average molecular weight is 390 g/mol. The number of Topliss-reactive ketones (excluding diaryl/α,β-unsaturated/α-hetero) is 1. The molecule has 0 aliphatic carbocycles. The predicted molar refractivity (Wildman–Crippen MR) is 108 cm³/mol. The van der Waals surface area contributed by atoms with Gasteiger partial charge in [0.1, 0.15) is 6.61 Å². The van der Waals surface area contributed by atoms with E-state index in [1.165, 1.54) is 0 Å². The number of nitrogens with zero attached hydrogens (tertiary/aromatic N) is 1. The van der Waals surface area contributed by atoms with E-state index in [1.807, 2.05) is 54.6 Å². The number of amides is 1. The third-order valence-electron chi connectivity index (χ3n) is 4.27. The topological polar surface area (TPSA) is 88.5 Å². The lowest BCUT2D eigenvalue weighted by molar-refractivity contribution is 0.0974. The summed E-state index contributed by atoms with van der Waals surface area (Å²) in [6, 6.07) is 20.2. The van der Waals surface area contributed by atoms with Crippen LogP contribution in [0.3, 0.4) is 0 Å². The zero-order valence-corrected chi connectivity index (χ0v) is 15.9. The lowest BCUT2D eigenvalue weighted by Gasteiger charge is -2.10. The van der Waals surface area contributed by atoms with Crippen LogP contribution in [-0.2, 0) is 24.4 Å². The van der Waals surface area contributed by atoms with Crippen LogP contribution in [0.5, 0.6) is 0 Å². The summed E-state index contributed by atoms with van der Waals surface area (Å²) < 4.78 is 5.11. The number of carbonyl (C=O) groups is 2.